The van der Waals surface area contributed by atoms with Crippen molar-refractivity contribution in [1.29, 1.82) is 0 Å². The molecule has 1 rings (SSSR count). The lowest BCUT2D eigenvalue weighted by Gasteiger charge is -2.12. The first-order valence-electron chi connectivity index (χ1n) is 4.15. The van der Waals surface area contributed by atoms with Crippen molar-refractivity contribution < 1.29 is 9.63 Å². The highest BCUT2D eigenvalue weighted by molar-refractivity contribution is 5.79. The first-order chi connectivity index (χ1) is 5.29. The lowest BCUT2D eigenvalue weighted by Crippen LogP contribution is -2.25. The number of hydrogen-bond acceptors (Lipinski definition) is 2. The molecule has 0 aliphatic carbocycles. The number of hydroxylamine groups is 2. The number of amides is 1. The first-order valence-corrected chi connectivity index (χ1v) is 4.15. The predicted octanol–water partition coefficient (Wildman–Crippen LogP) is 1.20. The van der Waals surface area contributed by atoms with Gasteiger partial charge >= 0.3 is 0 Å². The Morgan fingerprint density at radius 3 is 2.91 bits per heavy atom. The zero-order chi connectivity index (χ0) is 8.27. The lowest BCUT2D eigenvalue weighted by atomic mass is 10.0. The predicted molar refractivity (Wildman–Crippen MR) is 41.7 cm³/mol. The fourth-order valence-corrected chi connectivity index (χ4v) is 1.51. The molecular formula is C8H15NO2. The van der Waals surface area contributed by atoms with Crippen molar-refractivity contribution in [3.8, 4) is 0 Å². The van der Waals surface area contributed by atoms with Crippen LogP contribution in [0.15, 0.2) is 0 Å². The molecule has 1 aliphatic heterocycles. The van der Waals surface area contributed by atoms with Crippen LogP contribution in [0.4, 0.5) is 0 Å². The molecule has 11 heavy (non-hydrogen) atoms. The van der Waals surface area contributed by atoms with Crippen LogP contribution in [0, 0.1) is 5.92 Å². The van der Waals surface area contributed by atoms with Crippen molar-refractivity contribution in [3.05, 3.63) is 0 Å². The molecule has 64 valence electrons. The van der Waals surface area contributed by atoms with E-state index in [-0.39, 0.29) is 11.8 Å². The van der Waals surface area contributed by atoms with Crippen LogP contribution in [0.3, 0.4) is 0 Å². The Hall–Kier alpha value is -0.570. The van der Waals surface area contributed by atoms with Crippen LogP contribution in [0.5, 0.6) is 0 Å². The van der Waals surface area contributed by atoms with Crippen LogP contribution in [0.2, 0.25) is 0 Å². The molecule has 3 nitrogen and oxygen atoms in total. The molecule has 0 aromatic carbocycles. The SMILES string of the molecule is CCCC1CCN(OC)C1=O. The summed E-state index contributed by atoms with van der Waals surface area (Å²) in [4.78, 5) is 16.2. The van der Waals surface area contributed by atoms with Crippen LogP contribution in [0.25, 0.3) is 0 Å². The second kappa shape index (κ2) is 3.72. The molecule has 0 spiro atoms. The van der Waals surface area contributed by atoms with Gasteiger partial charge in [-0.15, -0.1) is 0 Å². The fraction of sp³-hybridized carbons (Fsp3) is 0.875. The molecule has 1 saturated heterocycles. The van der Waals surface area contributed by atoms with Crippen molar-refractivity contribution >= 4 is 5.91 Å². The summed E-state index contributed by atoms with van der Waals surface area (Å²) in [5.41, 5.74) is 0. The summed E-state index contributed by atoms with van der Waals surface area (Å²) in [6.45, 7) is 2.86. The minimum Gasteiger partial charge on any atom is -0.274 e. The summed E-state index contributed by atoms with van der Waals surface area (Å²) < 4.78 is 0. The smallest absolute Gasteiger partial charge is 0.249 e. The van der Waals surface area contributed by atoms with E-state index in [1.54, 1.807) is 7.11 Å². The van der Waals surface area contributed by atoms with E-state index >= 15 is 0 Å². The van der Waals surface area contributed by atoms with Crippen LogP contribution in [0.1, 0.15) is 26.2 Å². The van der Waals surface area contributed by atoms with Gasteiger partial charge in [-0.3, -0.25) is 9.63 Å². The Kier molecular flexibility index (Phi) is 2.88. The molecule has 1 aliphatic rings. The topological polar surface area (TPSA) is 29.5 Å². The third-order valence-electron chi connectivity index (χ3n) is 2.13. The van der Waals surface area contributed by atoms with Gasteiger partial charge in [-0.05, 0) is 12.8 Å². The number of hydrogen-bond donors (Lipinski definition) is 0. The normalized spacial score (nSPS) is 24.7. The molecule has 0 saturated carbocycles. The van der Waals surface area contributed by atoms with Gasteiger partial charge in [-0.25, -0.2) is 5.06 Å². The quantitative estimate of drug-likeness (QED) is 0.616. The van der Waals surface area contributed by atoms with Gasteiger partial charge in [0.25, 0.3) is 0 Å². The first kappa shape index (κ1) is 8.53. The van der Waals surface area contributed by atoms with Crippen molar-refractivity contribution in [2.75, 3.05) is 13.7 Å². The molecule has 0 bridgehead atoms. The summed E-state index contributed by atoms with van der Waals surface area (Å²) in [7, 11) is 1.55. The van der Waals surface area contributed by atoms with Gasteiger partial charge in [-0.1, -0.05) is 13.3 Å². The second-order valence-corrected chi connectivity index (χ2v) is 2.90. The summed E-state index contributed by atoms with van der Waals surface area (Å²) in [6, 6.07) is 0. The van der Waals surface area contributed by atoms with E-state index < -0.39 is 0 Å². The summed E-state index contributed by atoms with van der Waals surface area (Å²) in [6.07, 6.45) is 3.03. The Morgan fingerprint density at radius 2 is 2.45 bits per heavy atom. The zero-order valence-electron chi connectivity index (χ0n) is 7.17. The number of carbonyl (C=O) groups is 1. The van der Waals surface area contributed by atoms with E-state index in [9.17, 15) is 4.79 Å². The van der Waals surface area contributed by atoms with E-state index in [1.165, 1.54) is 5.06 Å². The van der Waals surface area contributed by atoms with Crippen LogP contribution in [-0.4, -0.2) is 24.6 Å². The highest BCUT2D eigenvalue weighted by atomic mass is 16.7. The van der Waals surface area contributed by atoms with E-state index in [0.717, 1.165) is 25.8 Å². The maximum atomic E-state index is 11.3. The maximum absolute atomic E-state index is 11.3. The molecular weight excluding hydrogens is 142 g/mol. The van der Waals surface area contributed by atoms with E-state index in [4.69, 9.17) is 4.84 Å². The van der Waals surface area contributed by atoms with Gasteiger partial charge in [0.2, 0.25) is 5.91 Å². The minimum absolute atomic E-state index is 0.161. The Balaban J connectivity index is 2.42. The molecule has 0 N–H and O–H groups in total. The van der Waals surface area contributed by atoms with Gasteiger partial charge < -0.3 is 0 Å². The lowest BCUT2D eigenvalue weighted by molar-refractivity contribution is -0.169. The van der Waals surface area contributed by atoms with Gasteiger partial charge in [0.05, 0.1) is 7.11 Å². The van der Waals surface area contributed by atoms with Gasteiger partial charge in [0, 0.05) is 12.5 Å². The molecule has 1 heterocycles. The van der Waals surface area contributed by atoms with Gasteiger partial charge in [-0.2, -0.15) is 0 Å². The average molecular weight is 157 g/mol. The maximum Gasteiger partial charge on any atom is 0.249 e. The Labute approximate surface area is 67.3 Å². The Bertz CT molecular complexity index is 147. The van der Waals surface area contributed by atoms with Gasteiger partial charge in [0.15, 0.2) is 0 Å². The van der Waals surface area contributed by atoms with E-state index in [1.807, 2.05) is 0 Å². The molecule has 1 unspecified atom stereocenters. The zero-order valence-corrected chi connectivity index (χ0v) is 7.17. The molecule has 1 atom stereocenters. The monoisotopic (exact) mass is 157 g/mol. The summed E-state index contributed by atoms with van der Waals surface area (Å²) in [5.74, 6) is 0.384. The third-order valence-corrected chi connectivity index (χ3v) is 2.13. The number of nitrogens with zero attached hydrogens (tertiary/aromatic N) is 1. The molecule has 1 fully saturated rings. The van der Waals surface area contributed by atoms with E-state index in [2.05, 4.69) is 6.92 Å². The largest absolute Gasteiger partial charge is 0.274 e. The molecule has 0 radical (unpaired) electrons. The molecule has 3 heteroatoms. The second-order valence-electron chi connectivity index (χ2n) is 2.90. The summed E-state index contributed by atoms with van der Waals surface area (Å²) >= 11 is 0. The van der Waals surface area contributed by atoms with Crippen LogP contribution >= 0.6 is 0 Å². The van der Waals surface area contributed by atoms with Crippen molar-refractivity contribution in [1.82, 2.24) is 5.06 Å². The third kappa shape index (κ3) is 1.71. The summed E-state index contributed by atoms with van der Waals surface area (Å²) in [5, 5.41) is 1.46. The standard InChI is InChI=1S/C8H15NO2/c1-3-4-7-5-6-9(11-2)8(7)10/h7H,3-6H2,1-2H3. The fourth-order valence-electron chi connectivity index (χ4n) is 1.51. The Morgan fingerprint density at radius 1 is 1.73 bits per heavy atom. The highest BCUT2D eigenvalue weighted by Crippen LogP contribution is 2.21. The van der Waals surface area contributed by atoms with Crippen LogP contribution in [-0.2, 0) is 9.63 Å². The molecule has 0 aromatic rings. The number of rotatable bonds is 3. The number of carbonyl (C=O) groups excluding carboxylic acids is 1. The molecule has 0 aromatic heterocycles. The highest BCUT2D eigenvalue weighted by Gasteiger charge is 2.30. The average Bonchev–Trinajstić information content (AvgIpc) is 2.34. The van der Waals surface area contributed by atoms with Crippen LogP contribution < -0.4 is 0 Å². The van der Waals surface area contributed by atoms with Crippen molar-refractivity contribution in [3.63, 3.8) is 0 Å². The van der Waals surface area contributed by atoms with Crippen molar-refractivity contribution in [2.45, 2.75) is 26.2 Å². The molecule has 1 amide bonds. The van der Waals surface area contributed by atoms with Gasteiger partial charge in [0.1, 0.15) is 0 Å². The van der Waals surface area contributed by atoms with Crippen molar-refractivity contribution in [2.24, 2.45) is 5.92 Å². The minimum atomic E-state index is 0.161. The van der Waals surface area contributed by atoms with E-state index in [0.29, 0.717) is 0 Å².